The Hall–Kier alpha value is -1.91. The lowest BCUT2D eigenvalue weighted by Gasteiger charge is -2.24. The van der Waals surface area contributed by atoms with Gasteiger partial charge in [0.2, 0.25) is 5.91 Å². The summed E-state index contributed by atoms with van der Waals surface area (Å²) in [7, 11) is 0. The lowest BCUT2D eigenvalue weighted by Crippen LogP contribution is -2.35. The molecule has 1 aromatic heterocycles. The van der Waals surface area contributed by atoms with E-state index in [4.69, 9.17) is 0 Å². The summed E-state index contributed by atoms with van der Waals surface area (Å²) < 4.78 is 0. The number of rotatable bonds is 1. The Morgan fingerprint density at radius 1 is 1.30 bits per heavy atom. The van der Waals surface area contributed by atoms with Crippen molar-refractivity contribution in [2.75, 3.05) is 19.6 Å². The summed E-state index contributed by atoms with van der Waals surface area (Å²) in [5, 5.41) is 2.93. The number of nitrogens with one attached hydrogen (secondary N) is 1. The topological polar surface area (TPSA) is 62.3 Å². The molecule has 1 spiro atoms. The fourth-order valence-corrected chi connectivity index (χ4v) is 3.26. The number of amides is 2. The monoisotopic (exact) mass is 273 g/mol. The number of pyridine rings is 1. The number of likely N-dealkylation sites (tertiary alicyclic amines) is 1. The Bertz CT molecular complexity index is 517. The number of carbonyl (C=O) groups excluding carboxylic acids is 2. The molecule has 0 aromatic carbocycles. The van der Waals surface area contributed by atoms with Gasteiger partial charge in [-0.3, -0.25) is 14.6 Å². The van der Waals surface area contributed by atoms with Gasteiger partial charge in [-0.15, -0.1) is 0 Å². The minimum atomic E-state index is -0.232. The van der Waals surface area contributed by atoms with Crippen molar-refractivity contribution < 1.29 is 9.59 Å². The molecule has 0 saturated carbocycles. The van der Waals surface area contributed by atoms with Crippen LogP contribution in [-0.4, -0.2) is 41.3 Å². The molecule has 5 heteroatoms. The van der Waals surface area contributed by atoms with Gasteiger partial charge >= 0.3 is 0 Å². The highest BCUT2D eigenvalue weighted by Gasteiger charge is 2.43. The molecule has 2 aliphatic heterocycles. The quantitative estimate of drug-likeness (QED) is 0.836. The fourth-order valence-electron chi connectivity index (χ4n) is 3.26. The van der Waals surface area contributed by atoms with Gasteiger partial charge in [0.1, 0.15) is 0 Å². The van der Waals surface area contributed by atoms with Gasteiger partial charge in [0, 0.05) is 32.0 Å². The summed E-state index contributed by atoms with van der Waals surface area (Å²) in [4.78, 5) is 30.3. The van der Waals surface area contributed by atoms with Crippen molar-refractivity contribution in [3.8, 4) is 0 Å². The van der Waals surface area contributed by atoms with E-state index in [0.717, 1.165) is 38.8 Å². The molecule has 2 saturated heterocycles. The summed E-state index contributed by atoms with van der Waals surface area (Å²) in [6, 6.07) is 3.56. The van der Waals surface area contributed by atoms with Crippen LogP contribution in [0.25, 0.3) is 0 Å². The number of hydrogen-bond donors (Lipinski definition) is 1. The SMILES string of the molecule is O=C(c1cccnc1)N1CCC[C@@]2(CCNC2=O)CC1. The molecule has 2 amide bonds. The lowest BCUT2D eigenvalue weighted by molar-refractivity contribution is -0.128. The second kappa shape index (κ2) is 5.23. The standard InChI is InChI=1S/C15H19N3O2/c19-13(12-3-1-7-16-11-12)18-9-2-4-15(6-10-18)5-8-17-14(15)20/h1,3,7,11H,2,4-6,8-10H2,(H,17,20)/t15-/m1/s1. The number of aromatic nitrogens is 1. The van der Waals surface area contributed by atoms with Gasteiger partial charge in [-0.2, -0.15) is 0 Å². The van der Waals surface area contributed by atoms with Gasteiger partial charge in [-0.25, -0.2) is 0 Å². The second-order valence-electron chi connectivity index (χ2n) is 5.67. The van der Waals surface area contributed by atoms with E-state index in [2.05, 4.69) is 10.3 Å². The number of carbonyl (C=O) groups is 2. The minimum absolute atomic E-state index is 0.0218. The van der Waals surface area contributed by atoms with Gasteiger partial charge in [-0.1, -0.05) is 0 Å². The molecule has 5 nitrogen and oxygen atoms in total. The Morgan fingerprint density at radius 3 is 2.90 bits per heavy atom. The van der Waals surface area contributed by atoms with Gasteiger partial charge in [-0.05, 0) is 37.8 Å². The van der Waals surface area contributed by atoms with Crippen molar-refractivity contribution in [1.82, 2.24) is 15.2 Å². The Kier molecular flexibility index (Phi) is 3.42. The zero-order chi connectivity index (χ0) is 14.0. The molecule has 3 heterocycles. The maximum absolute atomic E-state index is 12.4. The van der Waals surface area contributed by atoms with Gasteiger partial charge < -0.3 is 10.2 Å². The van der Waals surface area contributed by atoms with Crippen LogP contribution in [0.4, 0.5) is 0 Å². The first-order chi connectivity index (χ1) is 9.71. The largest absolute Gasteiger partial charge is 0.356 e. The first-order valence-corrected chi connectivity index (χ1v) is 7.19. The van der Waals surface area contributed by atoms with Crippen LogP contribution >= 0.6 is 0 Å². The van der Waals surface area contributed by atoms with E-state index in [9.17, 15) is 9.59 Å². The van der Waals surface area contributed by atoms with E-state index in [1.165, 1.54) is 0 Å². The van der Waals surface area contributed by atoms with E-state index >= 15 is 0 Å². The maximum atomic E-state index is 12.4. The first-order valence-electron chi connectivity index (χ1n) is 7.19. The summed E-state index contributed by atoms with van der Waals surface area (Å²) in [5.41, 5.74) is 0.392. The average molecular weight is 273 g/mol. The van der Waals surface area contributed by atoms with Crippen molar-refractivity contribution >= 4 is 11.8 Å². The normalized spacial score (nSPS) is 26.4. The van der Waals surface area contributed by atoms with Crippen LogP contribution in [0.3, 0.4) is 0 Å². The van der Waals surface area contributed by atoms with E-state index in [1.807, 2.05) is 4.90 Å². The molecular formula is C15H19N3O2. The summed E-state index contributed by atoms with van der Waals surface area (Å²) in [5.74, 6) is 0.196. The van der Waals surface area contributed by atoms with Crippen LogP contribution in [0.1, 0.15) is 36.0 Å². The Balaban J connectivity index is 1.72. The van der Waals surface area contributed by atoms with E-state index in [-0.39, 0.29) is 17.2 Å². The summed E-state index contributed by atoms with van der Waals surface area (Å²) in [6.07, 6.45) is 6.71. The molecule has 0 bridgehead atoms. The summed E-state index contributed by atoms with van der Waals surface area (Å²) >= 11 is 0. The molecule has 1 atom stereocenters. The van der Waals surface area contributed by atoms with Crippen LogP contribution < -0.4 is 5.32 Å². The van der Waals surface area contributed by atoms with Gasteiger partial charge in [0.25, 0.3) is 5.91 Å². The van der Waals surface area contributed by atoms with Crippen molar-refractivity contribution in [1.29, 1.82) is 0 Å². The predicted octanol–water partition coefficient (Wildman–Crippen LogP) is 1.21. The van der Waals surface area contributed by atoms with E-state index in [1.54, 1.807) is 24.5 Å². The molecule has 20 heavy (non-hydrogen) atoms. The maximum Gasteiger partial charge on any atom is 0.255 e. The third kappa shape index (κ3) is 2.28. The number of hydrogen-bond acceptors (Lipinski definition) is 3. The molecule has 1 aromatic rings. The lowest BCUT2D eigenvalue weighted by atomic mass is 9.79. The van der Waals surface area contributed by atoms with Crippen LogP contribution in [0.15, 0.2) is 24.5 Å². The predicted molar refractivity (Wildman–Crippen MR) is 74.1 cm³/mol. The molecule has 2 aliphatic rings. The van der Waals surface area contributed by atoms with Crippen LogP contribution in [0.5, 0.6) is 0 Å². The molecule has 2 fully saturated rings. The Labute approximate surface area is 118 Å². The smallest absolute Gasteiger partial charge is 0.255 e. The molecule has 1 N–H and O–H groups in total. The average Bonchev–Trinajstić information content (AvgIpc) is 2.71. The van der Waals surface area contributed by atoms with Crippen molar-refractivity contribution in [3.63, 3.8) is 0 Å². The zero-order valence-corrected chi connectivity index (χ0v) is 11.5. The van der Waals surface area contributed by atoms with E-state index < -0.39 is 0 Å². The molecule has 106 valence electrons. The van der Waals surface area contributed by atoms with Crippen LogP contribution in [-0.2, 0) is 4.79 Å². The Morgan fingerprint density at radius 2 is 2.20 bits per heavy atom. The zero-order valence-electron chi connectivity index (χ0n) is 11.5. The van der Waals surface area contributed by atoms with Gasteiger partial charge in [0.15, 0.2) is 0 Å². The molecule has 0 unspecified atom stereocenters. The second-order valence-corrected chi connectivity index (χ2v) is 5.67. The number of nitrogens with zero attached hydrogens (tertiary/aromatic N) is 2. The van der Waals surface area contributed by atoms with Crippen molar-refractivity contribution in [3.05, 3.63) is 30.1 Å². The van der Waals surface area contributed by atoms with E-state index in [0.29, 0.717) is 12.1 Å². The van der Waals surface area contributed by atoms with Crippen molar-refractivity contribution in [2.24, 2.45) is 5.41 Å². The van der Waals surface area contributed by atoms with Crippen LogP contribution in [0, 0.1) is 5.41 Å². The highest BCUT2D eigenvalue weighted by molar-refractivity contribution is 5.94. The fraction of sp³-hybridized carbons (Fsp3) is 0.533. The first kappa shape index (κ1) is 13.1. The molecular weight excluding hydrogens is 254 g/mol. The third-order valence-electron chi connectivity index (χ3n) is 4.51. The van der Waals surface area contributed by atoms with Gasteiger partial charge in [0.05, 0.1) is 11.0 Å². The minimum Gasteiger partial charge on any atom is -0.356 e. The van der Waals surface area contributed by atoms with Crippen LogP contribution in [0.2, 0.25) is 0 Å². The molecule has 3 rings (SSSR count). The highest BCUT2D eigenvalue weighted by atomic mass is 16.2. The van der Waals surface area contributed by atoms with Crippen molar-refractivity contribution in [2.45, 2.75) is 25.7 Å². The third-order valence-corrected chi connectivity index (χ3v) is 4.51. The highest BCUT2D eigenvalue weighted by Crippen LogP contribution is 2.38. The molecule has 0 radical (unpaired) electrons. The summed E-state index contributed by atoms with van der Waals surface area (Å²) in [6.45, 7) is 2.15. The molecule has 0 aliphatic carbocycles.